The number of halogens is 1. The molecule has 1 heterocycles. The van der Waals surface area contributed by atoms with E-state index in [4.69, 9.17) is 4.74 Å². The minimum Gasteiger partial charge on any atom is -0.378 e. The highest BCUT2D eigenvalue weighted by Crippen LogP contribution is 2.42. The van der Waals surface area contributed by atoms with Crippen molar-refractivity contribution in [1.29, 1.82) is 0 Å². The number of aryl methyl sites for hydroxylation is 1. The number of alkyl halides is 1. The van der Waals surface area contributed by atoms with Crippen molar-refractivity contribution < 1.29 is 4.74 Å². The summed E-state index contributed by atoms with van der Waals surface area (Å²) >= 11 is 3.92. The van der Waals surface area contributed by atoms with Gasteiger partial charge in [-0.05, 0) is 42.2 Å². The summed E-state index contributed by atoms with van der Waals surface area (Å²) < 4.78 is 5.71. The molecule has 1 nitrogen and oxygen atoms in total. The van der Waals surface area contributed by atoms with Gasteiger partial charge in [-0.25, -0.2) is 0 Å². The second-order valence-corrected chi connectivity index (χ2v) is 6.43. The lowest BCUT2D eigenvalue weighted by molar-refractivity contribution is 0.105. The van der Waals surface area contributed by atoms with Crippen LogP contribution in [0, 0.1) is 12.8 Å². The molecule has 0 saturated carbocycles. The molecule has 3 atom stereocenters. The van der Waals surface area contributed by atoms with Gasteiger partial charge in [-0.3, -0.25) is 0 Å². The molecule has 19 heavy (non-hydrogen) atoms. The molecule has 0 spiro atoms. The van der Waals surface area contributed by atoms with E-state index in [2.05, 4.69) is 66.2 Å². The van der Waals surface area contributed by atoms with E-state index in [1.807, 2.05) is 0 Å². The van der Waals surface area contributed by atoms with Crippen LogP contribution >= 0.6 is 15.9 Å². The summed E-state index contributed by atoms with van der Waals surface area (Å²) in [4.78, 5) is 0.371. The lowest BCUT2D eigenvalue weighted by Gasteiger charge is -2.22. The van der Waals surface area contributed by atoms with Gasteiger partial charge < -0.3 is 4.74 Å². The molecule has 0 N–H and O–H groups in total. The van der Waals surface area contributed by atoms with Crippen molar-refractivity contribution in [2.24, 2.45) is 5.92 Å². The Morgan fingerprint density at radius 2 is 1.89 bits per heavy atom. The summed E-state index contributed by atoms with van der Waals surface area (Å²) in [6.07, 6.45) is 1.48. The fourth-order valence-electron chi connectivity index (χ4n) is 3.08. The number of fused-ring (bicyclic) bond motifs is 1. The Bertz CT molecular complexity index is 593. The standard InChI is InChI=1S/C17H19BrO/c1-11-7-8-16(15-6-4-3-5-13(11)15)17(18)14-9-10-19-12(14)2/h3-8,12,14,17H,9-10H2,1-2H3. The zero-order valence-corrected chi connectivity index (χ0v) is 13.0. The third kappa shape index (κ3) is 2.32. The highest BCUT2D eigenvalue weighted by molar-refractivity contribution is 9.09. The van der Waals surface area contributed by atoms with Crippen molar-refractivity contribution in [3.8, 4) is 0 Å². The Balaban J connectivity index is 2.07. The number of rotatable bonds is 2. The van der Waals surface area contributed by atoms with Crippen LogP contribution in [0.4, 0.5) is 0 Å². The maximum atomic E-state index is 5.71. The summed E-state index contributed by atoms with van der Waals surface area (Å²) in [5.74, 6) is 0.561. The lowest BCUT2D eigenvalue weighted by Crippen LogP contribution is -2.16. The minimum atomic E-state index is 0.337. The zero-order valence-electron chi connectivity index (χ0n) is 11.4. The Labute approximate surface area is 123 Å². The largest absolute Gasteiger partial charge is 0.378 e. The molecule has 100 valence electrons. The van der Waals surface area contributed by atoms with Crippen LogP contribution in [0.15, 0.2) is 36.4 Å². The maximum Gasteiger partial charge on any atom is 0.0589 e. The monoisotopic (exact) mass is 318 g/mol. The molecular formula is C17H19BrO. The zero-order chi connectivity index (χ0) is 13.4. The van der Waals surface area contributed by atoms with E-state index >= 15 is 0 Å². The molecule has 2 aromatic carbocycles. The van der Waals surface area contributed by atoms with Gasteiger partial charge in [0.2, 0.25) is 0 Å². The maximum absolute atomic E-state index is 5.71. The first-order valence-electron chi connectivity index (χ1n) is 6.92. The van der Waals surface area contributed by atoms with Gasteiger partial charge in [0.15, 0.2) is 0 Å². The van der Waals surface area contributed by atoms with Gasteiger partial charge in [-0.2, -0.15) is 0 Å². The first kappa shape index (κ1) is 13.1. The van der Waals surface area contributed by atoms with E-state index in [0.717, 1.165) is 13.0 Å². The molecule has 2 heteroatoms. The van der Waals surface area contributed by atoms with E-state index in [0.29, 0.717) is 16.8 Å². The molecule has 0 aromatic heterocycles. The quantitative estimate of drug-likeness (QED) is 0.707. The van der Waals surface area contributed by atoms with E-state index in [9.17, 15) is 0 Å². The third-order valence-electron chi connectivity index (χ3n) is 4.28. The fourth-order valence-corrected chi connectivity index (χ4v) is 4.17. The Morgan fingerprint density at radius 1 is 1.16 bits per heavy atom. The predicted octanol–water partition coefficient (Wildman–Crippen LogP) is 5.01. The summed E-state index contributed by atoms with van der Waals surface area (Å²) in [6, 6.07) is 13.2. The summed E-state index contributed by atoms with van der Waals surface area (Å²) in [6.45, 7) is 5.25. The van der Waals surface area contributed by atoms with Crippen LogP contribution in [0.5, 0.6) is 0 Å². The molecule has 1 saturated heterocycles. The summed E-state index contributed by atoms with van der Waals surface area (Å²) in [7, 11) is 0. The molecule has 0 radical (unpaired) electrons. The average Bonchev–Trinajstić information content (AvgIpc) is 2.85. The molecule has 1 aliphatic rings. The molecule has 0 aliphatic carbocycles. The molecule has 2 aromatic rings. The van der Waals surface area contributed by atoms with E-state index in [-0.39, 0.29) is 0 Å². The van der Waals surface area contributed by atoms with Crippen LogP contribution in [-0.4, -0.2) is 12.7 Å². The minimum absolute atomic E-state index is 0.337. The SMILES string of the molecule is Cc1ccc(C(Br)C2CCOC2C)c2ccccc12. The van der Waals surface area contributed by atoms with Gasteiger partial charge in [-0.1, -0.05) is 52.3 Å². The van der Waals surface area contributed by atoms with Crippen molar-refractivity contribution in [3.05, 3.63) is 47.5 Å². The Kier molecular flexibility index (Phi) is 3.64. The highest BCUT2D eigenvalue weighted by atomic mass is 79.9. The summed E-state index contributed by atoms with van der Waals surface area (Å²) in [5, 5.41) is 2.72. The van der Waals surface area contributed by atoms with Gasteiger partial charge in [0.05, 0.1) is 6.10 Å². The third-order valence-corrected chi connectivity index (χ3v) is 5.46. The van der Waals surface area contributed by atoms with E-state index in [1.54, 1.807) is 0 Å². The molecule has 3 rings (SSSR count). The van der Waals surface area contributed by atoms with Crippen LogP contribution in [0.1, 0.15) is 29.3 Å². The predicted molar refractivity (Wildman–Crippen MR) is 83.9 cm³/mol. The topological polar surface area (TPSA) is 9.23 Å². The van der Waals surface area contributed by atoms with Gasteiger partial charge >= 0.3 is 0 Å². The molecular weight excluding hydrogens is 300 g/mol. The second-order valence-electron chi connectivity index (χ2n) is 5.45. The van der Waals surface area contributed by atoms with Crippen molar-refractivity contribution in [2.45, 2.75) is 31.2 Å². The van der Waals surface area contributed by atoms with Gasteiger partial charge in [-0.15, -0.1) is 0 Å². The first-order chi connectivity index (χ1) is 9.18. The average molecular weight is 319 g/mol. The van der Waals surface area contributed by atoms with Gasteiger partial charge in [0.25, 0.3) is 0 Å². The van der Waals surface area contributed by atoms with Gasteiger partial charge in [0, 0.05) is 17.4 Å². The Hall–Kier alpha value is -0.860. The van der Waals surface area contributed by atoms with E-state index < -0.39 is 0 Å². The molecule has 0 amide bonds. The van der Waals surface area contributed by atoms with Crippen molar-refractivity contribution in [1.82, 2.24) is 0 Å². The van der Waals surface area contributed by atoms with Crippen LogP contribution in [-0.2, 0) is 4.74 Å². The molecule has 0 bridgehead atoms. The smallest absolute Gasteiger partial charge is 0.0589 e. The normalized spacial score (nSPS) is 24.8. The number of benzene rings is 2. The van der Waals surface area contributed by atoms with E-state index in [1.165, 1.54) is 21.9 Å². The highest BCUT2D eigenvalue weighted by Gasteiger charge is 2.31. The van der Waals surface area contributed by atoms with Gasteiger partial charge in [0.1, 0.15) is 0 Å². The first-order valence-corrected chi connectivity index (χ1v) is 7.84. The Morgan fingerprint density at radius 3 is 2.58 bits per heavy atom. The van der Waals surface area contributed by atoms with Crippen molar-refractivity contribution in [2.75, 3.05) is 6.61 Å². The van der Waals surface area contributed by atoms with Crippen LogP contribution < -0.4 is 0 Å². The van der Waals surface area contributed by atoms with Crippen LogP contribution in [0.2, 0.25) is 0 Å². The van der Waals surface area contributed by atoms with Crippen molar-refractivity contribution >= 4 is 26.7 Å². The lowest BCUT2D eigenvalue weighted by atomic mass is 9.90. The fraction of sp³-hybridized carbons (Fsp3) is 0.412. The van der Waals surface area contributed by atoms with Crippen molar-refractivity contribution in [3.63, 3.8) is 0 Å². The molecule has 3 unspecified atom stereocenters. The second kappa shape index (κ2) is 5.26. The molecule has 1 aliphatic heterocycles. The number of hydrogen-bond donors (Lipinski definition) is 0. The summed E-state index contributed by atoms with van der Waals surface area (Å²) in [5.41, 5.74) is 2.73. The number of hydrogen-bond acceptors (Lipinski definition) is 1. The van der Waals surface area contributed by atoms with Crippen LogP contribution in [0.25, 0.3) is 10.8 Å². The molecule has 1 fully saturated rings. The number of ether oxygens (including phenoxy) is 1. The van der Waals surface area contributed by atoms with Crippen LogP contribution in [0.3, 0.4) is 0 Å².